The minimum atomic E-state index is 0.741. The van der Waals surface area contributed by atoms with Crippen LogP contribution in [-0.2, 0) is 13.1 Å². The van der Waals surface area contributed by atoms with Gasteiger partial charge in [0.05, 0.1) is 13.1 Å². The highest BCUT2D eigenvalue weighted by Gasteiger charge is 2.21. The summed E-state index contributed by atoms with van der Waals surface area (Å²) in [6.45, 7) is 10.6. The van der Waals surface area contributed by atoms with Gasteiger partial charge in [-0.15, -0.1) is 0 Å². The number of hydrogen-bond acceptors (Lipinski definition) is 3. The molecule has 0 bridgehead atoms. The summed E-state index contributed by atoms with van der Waals surface area (Å²) in [4.78, 5) is 2.43. The maximum Gasteiger partial charge on any atom is 0.120 e. The van der Waals surface area contributed by atoms with Crippen molar-refractivity contribution in [2.24, 2.45) is 0 Å². The van der Waals surface area contributed by atoms with Crippen molar-refractivity contribution in [1.29, 1.82) is 0 Å². The molecule has 1 N–H and O–H groups in total. The molecule has 1 fully saturated rings. The SMILES string of the molecule is CCCN(CC)Cc1cc(C)c(CNC2CC2)o1. The molecule has 0 saturated heterocycles. The summed E-state index contributed by atoms with van der Waals surface area (Å²) in [6, 6.07) is 2.94. The lowest BCUT2D eigenvalue weighted by Gasteiger charge is -2.17. The fourth-order valence-electron chi connectivity index (χ4n) is 2.25. The normalized spacial score (nSPS) is 15.6. The van der Waals surface area contributed by atoms with Crippen molar-refractivity contribution < 1.29 is 4.42 Å². The minimum absolute atomic E-state index is 0.741. The summed E-state index contributed by atoms with van der Waals surface area (Å²) in [6.07, 6.45) is 3.85. The first-order chi connectivity index (χ1) is 8.72. The van der Waals surface area contributed by atoms with Gasteiger partial charge in [-0.3, -0.25) is 4.90 Å². The smallest absolute Gasteiger partial charge is 0.120 e. The van der Waals surface area contributed by atoms with Crippen molar-refractivity contribution in [3.63, 3.8) is 0 Å². The molecule has 0 spiro atoms. The molecule has 18 heavy (non-hydrogen) atoms. The Kier molecular flexibility index (Phi) is 4.84. The van der Waals surface area contributed by atoms with E-state index in [1.165, 1.54) is 24.8 Å². The van der Waals surface area contributed by atoms with Crippen LogP contribution in [-0.4, -0.2) is 24.0 Å². The lowest BCUT2D eigenvalue weighted by Crippen LogP contribution is -2.23. The molecule has 1 saturated carbocycles. The monoisotopic (exact) mass is 250 g/mol. The predicted molar refractivity (Wildman–Crippen MR) is 74.5 cm³/mol. The first-order valence-corrected chi connectivity index (χ1v) is 7.26. The van der Waals surface area contributed by atoms with E-state index in [1.54, 1.807) is 0 Å². The highest BCUT2D eigenvalue weighted by atomic mass is 16.3. The van der Waals surface area contributed by atoms with Crippen molar-refractivity contribution in [2.75, 3.05) is 13.1 Å². The van der Waals surface area contributed by atoms with Gasteiger partial charge in [-0.05, 0) is 50.9 Å². The summed E-state index contributed by atoms with van der Waals surface area (Å²) in [5.41, 5.74) is 1.28. The molecule has 3 nitrogen and oxygen atoms in total. The summed E-state index contributed by atoms with van der Waals surface area (Å²) < 4.78 is 5.97. The van der Waals surface area contributed by atoms with Crippen LogP contribution in [0.2, 0.25) is 0 Å². The maximum absolute atomic E-state index is 5.97. The van der Waals surface area contributed by atoms with Crippen LogP contribution in [0.25, 0.3) is 0 Å². The topological polar surface area (TPSA) is 28.4 Å². The fourth-order valence-corrected chi connectivity index (χ4v) is 2.25. The number of nitrogens with zero attached hydrogens (tertiary/aromatic N) is 1. The van der Waals surface area contributed by atoms with E-state index in [0.717, 1.165) is 43.7 Å². The lowest BCUT2D eigenvalue weighted by atomic mass is 10.2. The molecule has 3 heteroatoms. The molecule has 0 aliphatic heterocycles. The van der Waals surface area contributed by atoms with E-state index in [4.69, 9.17) is 4.42 Å². The van der Waals surface area contributed by atoms with Gasteiger partial charge in [0.1, 0.15) is 11.5 Å². The van der Waals surface area contributed by atoms with E-state index in [9.17, 15) is 0 Å². The van der Waals surface area contributed by atoms with Crippen LogP contribution in [0.5, 0.6) is 0 Å². The Morgan fingerprint density at radius 1 is 1.39 bits per heavy atom. The van der Waals surface area contributed by atoms with Gasteiger partial charge in [0.15, 0.2) is 0 Å². The van der Waals surface area contributed by atoms with Gasteiger partial charge in [-0.25, -0.2) is 0 Å². The van der Waals surface area contributed by atoms with Crippen LogP contribution in [0.4, 0.5) is 0 Å². The van der Waals surface area contributed by atoms with Crippen LogP contribution in [0.1, 0.15) is 50.2 Å². The Morgan fingerprint density at radius 2 is 2.17 bits per heavy atom. The second-order valence-electron chi connectivity index (χ2n) is 5.34. The molecule has 0 aromatic carbocycles. The number of furan rings is 1. The second kappa shape index (κ2) is 6.39. The summed E-state index contributed by atoms with van der Waals surface area (Å²) in [5, 5.41) is 3.51. The Hall–Kier alpha value is -0.800. The van der Waals surface area contributed by atoms with E-state index >= 15 is 0 Å². The molecular weight excluding hydrogens is 224 g/mol. The lowest BCUT2D eigenvalue weighted by molar-refractivity contribution is 0.253. The molecule has 2 rings (SSSR count). The quantitative estimate of drug-likeness (QED) is 0.768. The maximum atomic E-state index is 5.97. The highest BCUT2D eigenvalue weighted by molar-refractivity contribution is 5.20. The Morgan fingerprint density at radius 3 is 2.78 bits per heavy atom. The van der Waals surface area contributed by atoms with Crippen molar-refractivity contribution >= 4 is 0 Å². The molecule has 0 unspecified atom stereocenters. The van der Waals surface area contributed by atoms with Gasteiger partial charge in [-0.1, -0.05) is 13.8 Å². The van der Waals surface area contributed by atoms with Crippen molar-refractivity contribution in [3.8, 4) is 0 Å². The molecule has 1 aromatic rings. The summed E-state index contributed by atoms with van der Waals surface area (Å²) >= 11 is 0. The predicted octanol–water partition coefficient (Wildman–Crippen LogP) is 3.07. The van der Waals surface area contributed by atoms with Crippen LogP contribution in [0, 0.1) is 6.92 Å². The number of nitrogens with one attached hydrogen (secondary N) is 1. The molecule has 1 heterocycles. The third-order valence-electron chi connectivity index (χ3n) is 3.57. The van der Waals surface area contributed by atoms with Crippen LogP contribution in [0.3, 0.4) is 0 Å². The molecular formula is C15H26N2O. The van der Waals surface area contributed by atoms with Gasteiger partial charge >= 0.3 is 0 Å². The van der Waals surface area contributed by atoms with E-state index in [1.807, 2.05) is 0 Å². The number of aryl methyl sites for hydroxylation is 1. The van der Waals surface area contributed by atoms with E-state index in [0.29, 0.717) is 0 Å². The van der Waals surface area contributed by atoms with Crippen LogP contribution < -0.4 is 5.32 Å². The second-order valence-corrected chi connectivity index (χ2v) is 5.34. The minimum Gasteiger partial charge on any atom is -0.463 e. The molecule has 1 aromatic heterocycles. The molecule has 0 amide bonds. The van der Waals surface area contributed by atoms with Gasteiger partial charge in [-0.2, -0.15) is 0 Å². The first-order valence-electron chi connectivity index (χ1n) is 7.26. The standard InChI is InChI=1S/C15H26N2O/c1-4-8-17(5-2)11-14-9-12(3)15(18-14)10-16-13-6-7-13/h9,13,16H,4-8,10-11H2,1-3H3. The van der Waals surface area contributed by atoms with Crippen molar-refractivity contribution in [1.82, 2.24) is 10.2 Å². The van der Waals surface area contributed by atoms with Crippen LogP contribution >= 0.6 is 0 Å². The number of rotatable bonds is 8. The summed E-state index contributed by atoms with van der Waals surface area (Å²) in [7, 11) is 0. The van der Waals surface area contributed by atoms with Gasteiger partial charge < -0.3 is 9.73 Å². The largest absolute Gasteiger partial charge is 0.463 e. The molecule has 0 radical (unpaired) electrons. The van der Waals surface area contributed by atoms with E-state index in [-0.39, 0.29) is 0 Å². The average molecular weight is 250 g/mol. The Labute approximate surface area is 111 Å². The number of hydrogen-bond donors (Lipinski definition) is 1. The van der Waals surface area contributed by atoms with Gasteiger partial charge in [0.25, 0.3) is 0 Å². The van der Waals surface area contributed by atoms with E-state index < -0.39 is 0 Å². The van der Waals surface area contributed by atoms with E-state index in [2.05, 4.69) is 37.1 Å². The van der Waals surface area contributed by atoms with Crippen molar-refractivity contribution in [3.05, 3.63) is 23.2 Å². The zero-order valence-corrected chi connectivity index (χ0v) is 12.0. The molecule has 1 aliphatic rings. The highest BCUT2D eigenvalue weighted by Crippen LogP contribution is 2.21. The fraction of sp³-hybridized carbons (Fsp3) is 0.733. The zero-order chi connectivity index (χ0) is 13.0. The third kappa shape index (κ3) is 3.85. The summed E-state index contributed by atoms with van der Waals surface area (Å²) in [5.74, 6) is 2.22. The van der Waals surface area contributed by atoms with Crippen molar-refractivity contribution in [2.45, 2.75) is 59.2 Å². The molecule has 102 valence electrons. The van der Waals surface area contributed by atoms with Crippen LogP contribution in [0.15, 0.2) is 10.5 Å². The Balaban J connectivity index is 1.89. The first kappa shape index (κ1) is 13.6. The third-order valence-corrected chi connectivity index (χ3v) is 3.57. The zero-order valence-electron chi connectivity index (χ0n) is 12.0. The molecule has 0 atom stereocenters. The van der Waals surface area contributed by atoms with Gasteiger partial charge in [0, 0.05) is 6.04 Å². The Bertz CT molecular complexity index is 369. The molecule has 1 aliphatic carbocycles. The average Bonchev–Trinajstić information content (AvgIpc) is 3.11. The van der Waals surface area contributed by atoms with Gasteiger partial charge in [0.2, 0.25) is 0 Å².